The van der Waals surface area contributed by atoms with E-state index in [1.807, 2.05) is 13.8 Å². The fourth-order valence-corrected chi connectivity index (χ4v) is 2.39. The van der Waals surface area contributed by atoms with Crippen LogP contribution < -0.4 is 14.8 Å². The SMILES string of the molecule is CC(C)Oc1cc(OCCC2CCNC2)cc([N+](=O)[O-])c1. The number of nitrogens with one attached hydrogen (secondary N) is 1. The van der Waals surface area contributed by atoms with Gasteiger partial charge in [0, 0.05) is 6.07 Å². The van der Waals surface area contributed by atoms with Crippen molar-refractivity contribution >= 4 is 5.69 Å². The Balaban J connectivity index is 1.99. The third-order valence-corrected chi connectivity index (χ3v) is 3.40. The van der Waals surface area contributed by atoms with E-state index in [-0.39, 0.29) is 11.8 Å². The molecule has 0 spiro atoms. The molecule has 0 saturated carbocycles. The normalized spacial score (nSPS) is 18.0. The van der Waals surface area contributed by atoms with Crippen molar-refractivity contribution in [3.63, 3.8) is 0 Å². The number of nitrogens with zero attached hydrogens (tertiary/aromatic N) is 1. The van der Waals surface area contributed by atoms with E-state index >= 15 is 0 Å². The molecule has 1 heterocycles. The molecular weight excluding hydrogens is 272 g/mol. The van der Waals surface area contributed by atoms with E-state index in [1.54, 1.807) is 6.07 Å². The van der Waals surface area contributed by atoms with Crippen LogP contribution in [-0.2, 0) is 0 Å². The van der Waals surface area contributed by atoms with Crippen molar-refractivity contribution in [1.82, 2.24) is 5.32 Å². The highest BCUT2D eigenvalue weighted by molar-refractivity contribution is 5.46. The first kappa shape index (κ1) is 15.6. The Morgan fingerprint density at radius 2 is 2.14 bits per heavy atom. The summed E-state index contributed by atoms with van der Waals surface area (Å²) in [4.78, 5) is 10.5. The zero-order valence-electron chi connectivity index (χ0n) is 12.5. The molecule has 0 amide bonds. The maximum Gasteiger partial charge on any atom is 0.276 e. The fraction of sp³-hybridized carbons (Fsp3) is 0.600. The number of nitro benzene ring substituents is 1. The third-order valence-electron chi connectivity index (χ3n) is 3.40. The molecule has 0 radical (unpaired) electrons. The van der Waals surface area contributed by atoms with Crippen LogP contribution >= 0.6 is 0 Å². The number of non-ortho nitro benzene ring substituents is 1. The predicted molar refractivity (Wildman–Crippen MR) is 79.9 cm³/mol. The Morgan fingerprint density at radius 1 is 1.38 bits per heavy atom. The van der Waals surface area contributed by atoms with Crippen molar-refractivity contribution in [2.45, 2.75) is 32.8 Å². The van der Waals surface area contributed by atoms with Crippen molar-refractivity contribution < 1.29 is 14.4 Å². The number of hydrogen-bond donors (Lipinski definition) is 1. The predicted octanol–water partition coefficient (Wildman–Crippen LogP) is 2.76. The molecule has 116 valence electrons. The van der Waals surface area contributed by atoms with Crippen molar-refractivity contribution in [2.24, 2.45) is 5.92 Å². The van der Waals surface area contributed by atoms with Crippen LogP contribution in [0.5, 0.6) is 11.5 Å². The van der Waals surface area contributed by atoms with Crippen LogP contribution in [0.15, 0.2) is 18.2 Å². The summed E-state index contributed by atoms with van der Waals surface area (Å²) in [5.74, 6) is 1.60. The monoisotopic (exact) mass is 294 g/mol. The molecule has 2 rings (SSSR count). The van der Waals surface area contributed by atoms with E-state index in [2.05, 4.69) is 5.32 Å². The highest BCUT2D eigenvalue weighted by Crippen LogP contribution is 2.28. The van der Waals surface area contributed by atoms with Crippen molar-refractivity contribution in [1.29, 1.82) is 0 Å². The Labute approximate surface area is 124 Å². The quantitative estimate of drug-likeness (QED) is 0.618. The van der Waals surface area contributed by atoms with Crippen molar-refractivity contribution in [3.8, 4) is 11.5 Å². The molecule has 0 aliphatic carbocycles. The van der Waals surface area contributed by atoms with Gasteiger partial charge < -0.3 is 14.8 Å². The van der Waals surface area contributed by atoms with E-state index in [9.17, 15) is 10.1 Å². The average Bonchev–Trinajstić information content (AvgIpc) is 2.90. The Morgan fingerprint density at radius 3 is 2.76 bits per heavy atom. The number of rotatable bonds is 7. The summed E-state index contributed by atoms with van der Waals surface area (Å²) in [6.45, 7) is 6.42. The summed E-state index contributed by atoms with van der Waals surface area (Å²) in [5.41, 5.74) is -0.00863. The van der Waals surface area contributed by atoms with Gasteiger partial charge in [-0.1, -0.05) is 0 Å². The van der Waals surface area contributed by atoms with Crippen LogP contribution in [0.3, 0.4) is 0 Å². The molecule has 1 fully saturated rings. The summed E-state index contributed by atoms with van der Waals surface area (Å²) >= 11 is 0. The molecule has 6 heteroatoms. The van der Waals surface area contributed by atoms with Crippen LogP contribution in [-0.4, -0.2) is 30.7 Å². The molecule has 0 aromatic heterocycles. The Kier molecular flexibility index (Phi) is 5.38. The van der Waals surface area contributed by atoms with E-state index < -0.39 is 4.92 Å². The molecule has 1 saturated heterocycles. The van der Waals surface area contributed by atoms with Crippen LogP contribution in [0.4, 0.5) is 5.69 Å². The van der Waals surface area contributed by atoms with E-state index in [4.69, 9.17) is 9.47 Å². The molecular formula is C15H22N2O4. The van der Waals surface area contributed by atoms with Gasteiger partial charge in [-0.2, -0.15) is 0 Å². The van der Waals surface area contributed by atoms with Crippen molar-refractivity contribution in [3.05, 3.63) is 28.3 Å². The molecule has 1 N–H and O–H groups in total. The van der Waals surface area contributed by atoms with Gasteiger partial charge in [0.25, 0.3) is 5.69 Å². The second kappa shape index (κ2) is 7.26. The van der Waals surface area contributed by atoms with E-state index in [0.717, 1.165) is 19.5 Å². The summed E-state index contributed by atoms with van der Waals surface area (Å²) in [6, 6.07) is 4.58. The molecule has 1 aromatic rings. The molecule has 0 bridgehead atoms. The van der Waals surface area contributed by atoms with Gasteiger partial charge in [-0.15, -0.1) is 0 Å². The lowest BCUT2D eigenvalue weighted by atomic mass is 10.1. The van der Waals surface area contributed by atoms with Crippen LogP contribution in [0, 0.1) is 16.0 Å². The van der Waals surface area contributed by atoms with Gasteiger partial charge in [-0.3, -0.25) is 10.1 Å². The molecule has 1 atom stereocenters. The van der Waals surface area contributed by atoms with E-state index in [0.29, 0.717) is 24.0 Å². The minimum atomic E-state index is -0.430. The minimum absolute atomic E-state index is 0.00863. The number of benzene rings is 1. The zero-order valence-corrected chi connectivity index (χ0v) is 12.5. The Bertz CT molecular complexity index is 485. The topological polar surface area (TPSA) is 73.6 Å². The molecule has 21 heavy (non-hydrogen) atoms. The lowest BCUT2D eigenvalue weighted by Gasteiger charge is -2.13. The molecule has 1 aromatic carbocycles. The van der Waals surface area contributed by atoms with Gasteiger partial charge in [0.05, 0.1) is 29.8 Å². The second-order valence-corrected chi connectivity index (χ2v) is 5.58. The number of ether oxygens (including phenoxy) is 2. The summed E-state index contributed by atoms with van der Waals surface area (Å²) in [7, 11) is 0. The number of hydrogen-bond acceptors (Lipinski definition) is 5. The largest absolute Gasteiger partial charge is 0.493 e. The van der Waals surface area contributed by atoms with Crippen LogP contribution in [0.2, 0.25) is 0 Å². The van der Waals surface area contributed by atoms with Gasteiger partial charge in [0.15, 0.2) is 0 Å². The first-order valence-electron chi connectivity index (χ1n) is 7.34. The minimum Gasteiger partial charge on any atom is -0.493 e. The average molecular weight is 294 g/mol. The van der Waals surface area contributed by atoms with Gasteiger partial charge >= 0.3 is 0 Å². The second-order valence-electron chi connectivity index (χ2n) is 5.58. The van der Waals surface area contributed by atoms with Crippen LogP contribution in [0.1, 0.15) is 26.7 Å². The fourth-order valence-electron chi connectivity index (χ4n) is 2.39. The molecule has 1 unspecified atom stereocenters. The summed E-state index contributed by atoms with van der Waals surface area (Å²) in [5, 5.41) is 14.3. The molecule has 1 aliphatic rings. The van der Waals surface area contributed by atoms with Crippen LogP contribution in [0.25, 0.3) is 0 Å². The maximum absolute atomic E-state index is 11.0. The summed E-state index contributed by atoms with van der Waals surface area (Å²) in [6.07, 6.45) is 2.08. The zero-order chi connectivity index (χ0) is 15.2. The molecule has 1 aliphatic heterocycles. The van der Waals surface area contributed by atoms with Gasteiger partial charge in [0.2, 0.25) is 0 Å². The highest BCUT2D eigenvalue weighted by atomic mass is 16.6. The first-order valence-corrected chi connectivity index (χ1v) is 7.34. The summed E-state index contributed by atoms with van der Waals surface area (Å²) < 4.78 is 11.2. The van der Waals surface area contributed by atoms with E-state index in [1.165, 1.54) is 18.6 Å². The number of nitro groups is 1. The van der Waals surface area contributed by atoms with Gasteiger partial charge in [0.1, 0.15) is 11.5 Å². The first-order chi connectivity index (χ1) is 10.0. The maximum atomic E-state index is 11.0. The molecule has 6 nitrogen and oxygen atoms in total. The smallest absolute Gasteiger partial charge is 0.276 e. The lowest BCUT2D eigenvalue weighted by molar-refractivity contribution is -0.385. The Hall–Kier alpha value is -1.82. The van der Waals surface area contributed by atoms with Crippen molar-refractivity contribution in [2.75, 3.05) is 19.7 Å². The third kappa shape index (κ3) is 4.90. The standard InChI is InChI=1S/C15H22N2O4/c1-11(2)21-15-8-13(17(18)19)7-14(9-15)20-6-4-12-3-5-16-10-12/h7-9,11-12,16H,3-6,10H2,1-2H3. The van der Waals surface area contributed by atoms with Gasteiger partial charge in [-0.05, 0) is 45.7 Å². The lowest BCUT2D eigenvalue weighted by Crippen LogP contribution is -2.12. The highest BCUT2D eigenvalue weighted by Gasteiger charge is 2.15. The van der Waals surface area contributed by atoms with Gasteiger partial charge in [-0.25, -0.2) is 0 Å².